The van der Waals surface area contributed by atoms with Crippen molar-refractivity contribution in [3.8, 4) is 6.07 Å². The molecule has 2 aromatic rings. The lowest BCUT2D eigenvalue weighted by atomic mass is 10.1. The summed E-state index contributed by atoms with van der Waals surface area (Å²) in [6, 6.07) is 13.8. The van der Waals surface area contributed by atoms with Gasteiger partial charge in [0.25, 0.3) is 0 Å². The standard InChI is InChI=1S/C16H18N2O2/c17-8-2-9-18(12-16-3-1-10-20-16)11-14-4-6-15(13-19)7-5-14/h1,3-7,10,19H,2,9,11-13H2. The Morgan fingerprint density at radius 2 is 1.85 bits per heavy atom. The zero-order chi connectivity index (χ0) is 14.2. The van der Waals surface area contributed by atoms with E-state index in [2.05, 4.69) is 11.0 Å². The molecule has 0 atom stereocenters. The summed E-state index contributed by atoms with van der Waals surface area (Å²) in [6.07, 6.45) is 2.16. The van der Waals surface area contributed by atoms with Crippen LogP contribution in [0.4, 0.5) is 0 Å². The molecule has 1 heterocycles. The SMILES string of the molecule is N#CCCN(Cc1ccc(CO)cc1)Cc1ccco1. The third-order valence-electron chi connectivity index (χ3n) is 3.11. The minimum absolute atomic E-state index is 0.0603. The van der Waals surface area contributed by atoms with Gasteiger partial charge in [0, 0.05) is 19.5 Å². The van der Waals surface area contributed by atoms with E-state index >= 15 is 0 Å². The summed E-state index contributed by atoms with van der Waals surface area (Å²) in [7, 11) is 0. The van der Waals surface area contributed by atoms with Crippen molar-refractivity contribution >= 4 is 0 Å². The average molecular weight is 270 g/mol. The van der Waals surface area contributed by atoms with E-state index in [1.165, 1.54) is 0 Å². The van der Waals surface area contributed by atoms with Crippen LogP contribution >= 0.6 is 0 Å². The summed E-state index contributed by atoms with van der Waals surface area (Å²) in [5, 5.41) is 17.8. The molecule has 0 saturated heterocycles. The number of nitriles is 1. The van der Waals surface area contributed by atoms with Gasteiger partial charge in [-0.2, -0.15) is 5.26 Å². The van der Waals surface area contributed by atoms with Gasteiger partial charge >= 0.3 is 0 Å². The third-order valence-corrected chi connectivity index (χ3v) is 3.11. The smallest absolute Gasteiger partial charge is 0.117 e. The fourth-order valence-corrected chi connectivity index (χ4v) is 2.05. The fourth-order valence-electron chi connectivity index (χ4n) is 2.05. The second-order valence-electron chi connectivity index (χ2n) is 4.67. The molecule has 1 aromatic heterocycles. The van der Waals surface area contributed by atoms with Crippen molar-refractivity contribution in [3.05, 3.63) is 59.5 Å². The highest BCUT2D eigenvalue weighted by molar-refractivity contribution is 5.22. The van der Waals surface area contributed by atoms with Crippen molar-refractivity contribution in [2.75, 3.05) is 6.54 Å². The van der Waals surface area contributed by atoms with Crippen molar-refractivity contribution in [1.82, 2.24) is 4.90 Å². The number of aliphatic hydroxyl groups excluding tert-OH is 1. The van der Waals surface area contributed by atoms with Gasteiger partial charge in [-0.25, -0.2) is 0 Å². The van der Waals surface area contributed by atoms with Crippen LogP contribution in [0, 0.1) is 11.3 Å². The van der Waals surface area contributed by atoms with E-state index in [0.29, 0.717) is 19.5 Å². The Balaban J connectivity index is 2.00. The van der Waals surface area contributed by atoms with E-state index in [1.807, 2.05) is 36.4 Å². The molecule has 2 rings (SSSR count). The maximum Gasteiger partial charge on any atom is 0.117 e. The highest BCUT2D eigenvalue weighted by Gasteiger charge is 2.08. The Hall–Kier alpha value is -2.09. The number of benzene rings is 1. The number of hydrogen-bond donors (Lipinski definition) is 1. The van der Waals surface area contributed by atoms with E-state index in [0.717, 1.165) is 23.4 Å². The van der Waals surface area contributed by atoms with E-state index in [4.69, 9.17) is 14.8 Å². The molecule has 0 saturated carbocycles. The van der Waals surface area contributed by atoms with Crippen LogP contribution in [0.25, 0.3) is 0 Å². The Bertz CT molecular complexity index is 541. The van der Waals surface area contributed by atoms with Crippen molar-refractivity contribution in [1.29, 1.82) is 5.26 Å². The first-order valence-electron chi connectivity index (χ1n) is 6.62. The monoisotopic (exact) mass is 270 g/mol. The van der Waals surface area contributed by atoms with E-state index in [9.17, 15) is 0 Å². The highest BCUT2D eigenvalue weighted by Crippen LogP contribution is 2.12. The third kappa shape index (κ3) is 4.23. The molecular formula is C16H18N2O2. The predicted molar refractivity (Wildman–Crippen MR) is 75.4 cm³/mol. The Labute approximate surface area is 118 Å². The normalized spacial score (nSPS) is 10.7. The van der Waals surface area contributed by atoms with Crippen LogP contribution in [0.15, 0.2) is 47.1 Å². The molecule has 0 fully saturated rings. The summed E-state index contributed by atoms with van der Waals surface area (Å²) in [5.74, 6) is 0.898. The zero-order valence-electron chi connectivity index (χ0n) is 11.3. The summed E-state index contributed by atoms with van der Waals surface area (Å²) >= 11 is 0. The first-order valence-corrected chi connectivity index (χ1v) is 6.62. The summed E-state index contributed by atoms with van der Waals surface area (Å²) in [6.45, 7) is 2.22. The predicted octanol–water partition coefficient (Wildman–Crippen LogP) is 2.69. The summed E-state index contributed by atoms with van der Waals surface area (Å²) < 4.78 is 5.36. The molecule has 104 valence electrons. The highest BCUT2D eigenvalue weighted by atomic mass is 16.3. The average Bonchev–Trinajstić information content (AvgIpc) is 2.98. The van der Waals surface area contributed by atoms with Crippen molar-refractivity contribution in [2.24, 2.45) is 0 Å². The lowest BCUT2D eigenvalue weighted by Gasteiger charge is -2.20. The molecule has 0 bridgehead atoms. The van der Waals surface area contributed by atoms with Gasteiger partial charge in [0.15, 0.2) is 0 Å². The summed E-state index contributed by atoms with van der Waals surface area (Å²) in [4.78, 5) is 2.18. The van der Waals surface area contributed by atoms with Gasteiger partial charge in [0.1, 0.15) is 5.76 Å². The van der Waals surface area contributed by atoms with E-state index in [1.54, 1.807) is 6.26 Å². The molecule has 4 heteroatoms. The van der Waals surface area contributed by atoms with Crippen LogP contribution in [-0.4, -0.2) is 16.6 Å². The molecule has 0 unspecified atom stereocenters. The van der Waals surface area contributed by atoms with Gasteiger partial charge in [0.05, 0.1) is 25.5 Å². The molecule has 1 N–H and O–H groups in total. The van der Waals surface area contributed by atoms with Gasteiger partial charge in [-0.3, -0.25) is 4.90 Å². The number of hydrogen-bond acceptors (Lipinski definition) is 4. The fraction of sp³-hybridized carbons (Fsp3) is 0.312. The molecule has 0 spiro atoms. The molecular weight excluding hydrogens is 252 g/mol. The zero-order valence-corrected chi connectivity index (χ0v) is 11.3. The van der Waals surface area contributed by atoms with Crippen molar-refractivity contribution in [3.63, 3.8) is 0 Å². The van der Waals surface area contributed by atoms with Crippen LogP contribution in [0.5, 0.6) is 0 Å². The van der Waals surface area contributed by atoms with Gasteiger partial charge < -0.3 is 9.52 Å². The Kier molecular flexibility index (Phi) is 5.36. The van der Waals surface area contributed by atoms with Crippen LogP contribution in [0.3, 0.4) is 0 Å². The number of furan rings is 1. The lowest BCUT2D eigenvalue weighted by Crippen LogP contribution is -2.23. The minimum atomic E-state index is 0.0603. The van der Waals surface area contributed by atoms with Gasteiger partial charge in [-0.1, -0.05) is 24.3 Å². The molecule has 0 aliphatic rings. The molecule has 0 aliphatic carbocycles. The van der Waals surface area contributed by atoms with Gasteiger partial charge in [0.2, 0.25) is 0 Å². The maximum absolute atomic E-state index is 9.04. The number of aliphatic hydroxyl groups is 1. The van der Waals surface area contributed by atoms with Crippen LogP contribution in [0.2, 0.25) is 0 Å². The largest absolute Gasteiger partial charge is 0.468 e. The Morgan fingerprint density at radius 1 is 1.10 bits per heavy atom. The second-order valence-corrected chi connectivity index (χ2v) is 4.67. The van der Waals surface area contributed by atoms with Crippen LogP contribution < -0.4 is 0 Å². The van der Waals surface area contributed by atoms with Gasteiger partial charge in [-0.05, 0) is 23.3 Å². The molecule has 20 heavy (non-hydrogen) atoms. The Morgan fingerprint density at radius 3 is 2.45 bits per heavy atom. The van der Waals surface area contributed by atoms with E-state index < -0.39 is 0 Å². The summed E-state index contributed by atoms with van der Waals surface area (Å²) in [5.41, 5.74) is 2.06. The van der Waals surface area contributed by atoms with E-state index in [-0.39, 0.29) is 6.61 Å². The lowest BCUT2D eigenvalue weighted by molar-refractivity contribution is 0.240. The van der Waals surface area contributed by atoms with Crippen LogP contribution in [-0.2, 0) is 19.7 Å². The molecule has 1 aromatic carbocycles. The molecule has 0 radical (unpaired) electrons. The molecule has 0 aliphatic heterocycles. The maximum atomic E-state index is 9.04. The topological polar surface area (TPSA) is 60.4 Å². The molecule has 0 amide bonds. The first kappa shape index (κ1) is 14.3. The first-order chi connectivity index (χ1) is 9.81. The van der Waals surface area contributed by atoms with Crippen molar-refractivity contribution in [2.45, 2.75) is 26.1 Å². The molecule has 4 nitrogen and oxygen atoms in total. The van der Waals surface area contributed by atoms with Gasteiger partial charge in [-0.15, -0.1) is 0 Å². The second kappa shape index (κ2) is 7.49. The van der Waals surface area contributed by atoms with Crippen LogP contribution in [0.1, 0.15) is 23.3 Å². The quantitative estimate of drug-likeness (QED) is 0.840. The number of nitrogens with zero attached hydrogens (tertiary/aromatic N) is 2. The van der Waals surface area contributed by atoms with Crippen molar-refractivity contribution < 1.29 is 9.52 Å². The minimum Gasteiger partial charge on any atom is -0.468 e. The number of rotatable bonds is 7.